The third-order valence-electron chi connectivity index (χ3n) is 4.53. The van der Waals surface area contributed by atoms with E-state index in [2.05, 4.69) is 47.2 Å². The fourth-order valence-corrected chi connectivity index (χ4v) is 4.23. The first-order chi connectivity index (χ1) is 13.6. The molecule has 0 aliphatic carbocycles. The highest BCUT2D eigenvalue weighted by Gasteiger charge is 2.18. The molecule has 2 aromatic carbocycles. The maximum Gasteiger partial charge on any atom is 0.196 e. The van der Waals surface area contributed by atoms with E-state index in [0.717, 1.165) is 28.0 Å². The van der Waals surface area contributed by atoms with Crippen LogP contribution in [-0.2, 0) is 5.75 Å². The monoisotopic (exact) mass is 406 g/mol. The summed E-state index contributed by atoms with van der Waals surface area (Å²) in [7, 11) is 0. The smallest absolute Gasteiger partial charge is 0.196 e. The lowest BCUT2D eigenvalue weighted by Crippen LogP contribution is -2.01. The van der Waals surface area contributed by atoms with E-state index in [1.807, 2.05) is 41.0 Å². The van der Waals surface area contributed by atoms with Gasteiger partial charge in [-0.1, -0.05) is 59.3 Å². The standard InChI is InChI=1S/C22H19ClN4S/c1-15-7-8-16(2)18(13-15)14-28-22-26-25-21(17-9-11-24-12-10-17)27(22)20-6-4-3-5-19(20)23/h3-13H,14H2,1-2H3. The number of para-hydroxylation sites is 1. The molecule has 2 aromatic heterocycles. The number of rotatable bonds is 5. The van der Waals surface area contributed by atoms with Crippen LogP contribution in [0.1, 0.15) is 16.7 Å². The highest BCUT2D eigenvalue weighted by Crippen LogP contribution is 2.32. The molecule has 0 N–H and O–H groups in total. The molecule has 0 atom stereocenters. The van der Waals surface area contributed by atoms with Crippen LogP contribution >= 0.6 is 23.4 Å². The van der Waals surface area contributed by atoms with Gasteiger partial charge in [-0.15, -0.1) is 10.2 Å². The van der Waals surface area contributed by atoms with Crippen molar-refractivity contribution in [3.8, 4) is 17.1 Å². The largest absolute Gasteiger partial charge is 0.268 e. The van der Waals surface area contributed by atoms with E-state index in [1.165, 1.54) is 16.7 Å². The zero-order valence-corrected chi connectivity index (χ0v) is 17.2. The summed E-state index contributed by atoms with van der Waals surface area (Å²) in [4.78, 5) is 4.10. The van der Waals surface area contributed by atoms with Crippen molar-refractivity contribution in [2.45, 2.75) is 24.8 Å². The minimum atomic E-state index is 0.659. The second-order valence-electron chi connectivity index (χ2n) is 6.55. The number of pyridine rings is 1. The number of thioether (sulfide) groups is 1. The summed E-state index contributed by atoms with van der Waals surface area (Å²) in [6.45, 7) is 4.25. The molecule has 0 bridgehead atoms. The molecule has 0 fully saturated rings. The highest BCUT2D eigenvalue weighted by atomic mass is 35.5. The van der Waals surface area contributed by atoms with Gasteiger partial charge in [-0.3, -0.25) is 9.55 Å². The Morgan fingerprint density at radius 1 is 0.964 bits per heavy atom. The first kappa shape index (κ1) is 18.7. The van der Waals surface area contributed by atoms with E-state index in [-0.39, 0.29) is 0 Å². The van der Waals surface area contributed by atoms with Gasteiger partial charge in [-0.25, -0.2) is 0 Å². The number of hydrogen-bond donors (Lipinski definition) is 0. The number of hydrogen-bond acceptors (Lipinski definition) is 4. The minimum absolute atomic E-state index is 0.659. The number of nitrogens with zero attached hydrogens (tertiary/aromatic N) is 4. The fraction of sp³-hybridized carbons (Fsp3) is 0.136. The molecule has 0 amide bonds. The van der Waals surface area contributed by atoms with Crippen molar-refractivity contribution in [2.75, 3.05) is 0 Å². The van der Waals surface area contributed by atoms with Gasteiger partial charge in [0.05, 0.1) is 10.7 Å². The van der Waals surface area contributed by atoms with Gasteiger partial charge in [0.2, 0.25) is 0 Å². The van der Waals surface area contributed by atoms with Crippen LogP contribution in [-0.4, -0.2) is 19.7 Å². The van der Waals surface area contributed by atoms with Crippen LogP contribution in [0.3, 0.4) is 0 Å². The molecule has 0 aliphatic rings. The SMILES string of the molecule is Cc1ccc(C)c(CSc2nnc(-c3ccncc3)n2-c2ccccc2Cl)c1. The van der Waals surface area contributed by atoms with E-state index >= 15 is 0 Å². The molecule has 4 rings (SSSR count). The Bertz CT molecular complexity index is 1110. The summed E-state index contributed by atoms with van der Waals surface area (Å²) in [5.74, 6) is 1.56. The van der Waals surface area contributed by atoms with Crippen molar-refractivity contribution >= 4 is 23.4 Å². The number of aryl methyl sites for hydroxylation is 2. The summed E-state index contributed by atoms with van der Waals surface area (Å²) in [5.41, 5.74) is 5.64. The number of benzene rings is 2. The molecular weight excluding hydrogens is 388 g/mol. The van der Waals surface area contributed by atoms with Crippen molar-refractivity contribution in [2.24, 2.45) is 0 Å². The molecular formula is C22H19ClN4S. The molecule has 0 saturated heterocycles. The van der Waals surface area contributed by atoms with Crippen molar-refractivity contribution in [3.05, 3.63) is 88.7 Å². The Morgan fingerprint density at radius 3 is 2.54 bits per heavy atom. The van der Waals surface area contributed by atoms with Crippen molar-refractivity contribution < 1.29 is 0 Å². The Labute approximate surface area is 173 Å². The molecule has 0 radical (unpaired) electrons. The van der Waals surface area contributed by atoms with E-state index < -0.39 is 0 Å². The number of aromatic nitrogens is 4. The lowest BCUT2D eigenvalue weighted by Gasteiger charge is -2.12. The molecule has 0 spiro atoms. The van der Waals surface area contributed by atoms with Gasteiger partial charge in [-0.05, 0) is 49.2 Å². The predicted molar refractivity (Wildman–Crippen MR) is 115 cm³/mol. The van der Waals surface area contributed by atoms with Gasteiger partial charge in [0, 0.05) is 23.7 Å². The van der Waals surface area contributed by atoms with Crippen LogP contribution in [0.25, 0.3) is 17.1 Å². The highest BCUT2D eigenvalue weighted by molar-refractivity contribution is 7.98. The van der Waals surface area contributed by atoms with Crippen LogP contribution in [0.4, 0.5) is 0 Å². The predicted octanol–water partition coefficient (Wildman–Crippen LogP) is 5.89. The third kappa shape index (κ3) is 3.81. The fourth-order valence-electron chi connectivity index (χ4n) is 3.00. The molecule has 0 saturated carbocycles. The third-order valence-corrected chi connectivity index (χ3v) is 5.82. The summed E-state index contributed by atoms with van der Waals surface area (Å²) < 4.78 is 2.02. The molecule has 28 heavy (non-hydrogen) atoms. The molecule has 4 nitrogen and oxygen atoms in total. The van der Waals surface area contributed by atoms with Crippen molar-refractivity contribution in [1.82, 2.24) is 19.7 Å². The second-order valence-corrected chi connectivity index (χ2v) is 7.90. The Morgan fingerprint density at radius 2 is 1.75 bits per heavy atom. The van der Waals surface area contributed by atoms with Crippen LogP contribution in [0.5, 0.6) is 0 Å². The molecule has 2 heterocycles. The van der Waals surface area contributed by atoms with Crippen LogP contribution in [0.2, 0.25) is 5.02 Å². The summed E-state index contributed by atoms with van der Waals surface area (Å²) in [6, 6.07) is 18.1. The first-order valence-electron chi connectivity index (χ1n) is 8.93. The van der Waals surface area contributed by atoms with Crippen LogP contribution < -0.4 is 0 Å². The van der Waals surface area contributed by atoms with E-state index in [1.54, 1.807) is 24.2 Å². The van der Waals surface area contributed by atoms with Crippen molar-refractivity contribution in [1.29, 1.82) is 0 Å². The second kappa shape index (κ2) is 8.17. The van der Waals surface area contributed by atoms with Gasteiger partial charge in [0.15, 0.2) is 11.0 Å². The van der Waals surface area contributed by atoms with Gasteiger partial charge in [0.1, 0.15) is 0 Å². The average Bonchev–Trinajstić information content (AvgIpc) is 3.13. The first-order valence-corrected chi connectivity index (χ1v) is 10.3. The quantitative estimate of drug-likeness (QED) is 0.387. The topological polar surface area (TPSA) is 43.6 Å². The summed E-state index contributed by atoms with van der Waals surface area (Å²) in [6.07, 6.45) is 3.51. The Balaban J connectivity index is 1.76. The van der Waals surface area contributed by atoms with Gasteiger partial charge >= 0.3 is 0 Å². The maximum absolute atomic E-state index is 6.51. The Hall–Kier alpha value is -2.63. The Kier molecular flexibility index (Phi) is 5.46. The summed E-state index contributed by atoms with van der Waals surface area (Å²) >= 11 is 8.17. The molecule has 0 aliphatic heterocycles. The molecule has 0 unspecified atom stereocenters. The molecule has 4 aromatic rings. The van der Waals surface area contributed by atoms with E-state index in [4.69, 9.17) is 11.6 Å². The number of halogens is 1. The van der Waals surface area contributed by atoms with E-state index in [0.29, 0.717) is 5.02 Å². The van der Waals surface area contributed by atoms with Gasteiger partial charge in [0.25, 0.3) is 0 Å². The molecule has 6 heteroatoms. The van der Waals surface area contributed by atoms with Crippen LogP contribution in [0, 0.1) is 13.8 Å². The lowest BCUT2D eigenvalue weighted by molar-refractivity contribution is 0.886. The molecule has 140 valence electrons. The van der Waals surface area contributed by atoms with Crippen molar-refractivity contribution in [3.63, 3.8) is 0 Å². The summed E-state index contributed by atoms with van der Waals surface area (Å²) in [5, 5.41) is 10.4. The lowest BCUT2D eigenvalue weighted by atomic mass is 10.1. The normalized spacial score (nSPS) is 11.0. The van der Waals surface area contributed by atoms with Gasteiger partial charge in [-0.2, -0.15) is 0 Å². The average molecular weight is 407 g/mol. The van der Waals surface area contributed by atoms with Crippen LogP contribution in [0.15, 0.2) is 72.1 Å². The zero-order chi connectivity index (χ0) is 19.5. The minimum Gasteiger partial charge on any atom is -0.268 e. The maximum atomic E-state index is 6.51. The van der Waals surface area contributed by atoms with Gasteiger partial charge < -0.3 is 0 Å². The van der Waals surface area contributed by atoms with E-state index in [9.17, 15) is 0 Å². The zero-order valence-electron chi connectivity index (χ0n) is 15.6.